The van der Waals surface area contributed by atoms with Gasteiger partial charge in [-0.05, 0) is 33.1 Å². The van der Waals surface area contributed by atoms with Crippen LogP contribution in [-0.2, 0) is 0 Å². The average Bonchev–Trinajstić information content (AvgIpc) is 2.26. The molecule has 0 aliphatic carbocycles. The van der Waals surface area contributed by atoms with Gasteiger partial charge in [0.2, 0.25) is 0 Å². The second-order valence-corrected chi connectivity index (χ2v) is 5.71. The first kappa shape index (κ1) is 16.9. The highest BCUT2D eigenvalue weighted by atomic mass is 16.3. The van der Waals surface area contributed by atoms with Gasteiger partial charge in [0.1, 0.15) is 0 Å². The maximum absolute atomic E-state index is 9.82. The Labute approximate surface area is 107 Å². The summed E-state index contributed by atoms with van der Waals surface area (Å²) in [7, 11) is 0. The molecule has 2 nitrogen and oxygen atoms in total. The van der Waals surface area contributed by atoms with Crippen molar-refractivity contribution in [2.45, 2.75) is 96.7 Å². The summed E-state index contributed by atoms with van der Waals surface area (Å²) in [5.74, 6) is 0. The Morgan fingerprint density at radius 2 is 1.41 bits per heavy atom. The lowest BCUT2D eigenvalue weighted by Gasteiger charge is -2.20. The van der Waals surface area contributed by atoms with E-state index >= 15 is 0 Å². The summed E-state index contributed by atoms with van der Waals surface area (Å²) in [6.07, 6.45) is 11.3. The van der Waals surface area contributed by atoms with Crippen LogP contribution in [0.25, 0.3) is 0 Å². The molecule has 0 bridgehead atoms. The smallest absolute Gasteiger partial charge is 0.0617 e. The molecule has 0 heterocycles. The third-order valence-corrected chi connectivity index (χ3v) is 3.60. The number of rotatable bonds is 11. The van der Waals surface area contributed by atoms with Crippen molar-refractivity contribution in [1.82, 2.24) is 0 Å². The minimum absolute atomic E-state index is 0.133. The maximum atomic E-state index is 9.82. The van der Waals surface area contributed by atoms with Crippen molar-refractivity contribution in [3.05, 3.63) is 0 Å². The Balaban J connectivity index is 3.14. The summed E-state index contributed by atoms with van der Waals surface area (Å²) in [6.45, 7) is 5.84. The van der Waals surface area contributed by atoms with Crippen molar-refractivity contribution in [3.63, 3.8) is 0 Å². The zero-order valence-electron chi connectivity index (χ0n) is 12.0. The molecule has 0 aromatic heterocycles. The lowest BCUT2D eigenvalue weighted by Crippen LogP contribution is -2.22. The van der Waals surface area contributed by atoms with Crippen LogP contribution < -0.4 is 0 Å². The molecule has 0 amide bonds. The molecule has 0 spiro atoms. The molecule has 104 valence electrons. The number of aliphatic hydroxyl groups is 2. The van der Waals surface area contributed by atoms with Gasteiger partial charge >= 0.3 is 0 Å². The van der Waals surface area contributed by atoms with E-state index in [-0.39, 0.29) is 6.10 Å². The normalized spacial score (nSPS) is 16.8. The average molecular weight is 244 g/mol. The first-order valence-corrected chi connectivity index (χ1v) is 7.38. The van der Waals surface area contributed by atoms with Crippen molar-refractivity contribution in [1.29, 1.82) is 0 Å². The predicted molar refractivity (Wildman–Crippen MR) is 74.1 cm³/mol. The second-order valence-electron chi connectivity index (χ2n) is 5.71. The van der Waals surface area contributed by atoms with E-state index in [9.17, 15) is 5.11 Å². The van der Waals surface area contributed by atoms with E-state index in [0.717, 1.165) is 32.1 Å². The minimum Gasteiger partial charge on any atom is -0.393 e. The Hall–Kier alpha value is -0.0800. The highest BCUT2D eigenvalue weighted by Gasteiger charge is 2.15. The Morgan fingerprint density at radius 3 is 1.88 bits per heavy atom. The van der Waals surface area contributed by atoms with E-state index in [1.807, 2.05) is 20.8 Å². The van der Waals surface area contributed by atoms with Crippen molar-refractivity contribution in [2.75, 3.05) is 0 Å². The molecule has 0 saturated carbocycles. The van der Waals surface area contributed by atoms with E-state index in [0.29, 0.717) is 0 Å². The molecule has 2 atom stereocenters. The van der Waals surface area contributed by atoms with E-state index < -0.39 is 5.60 Å². The van der Waals surface area contributed by atoms with Crippen LogP contribution in [0.1, 0.15) is 85.0 Å². The summed E-state index contributed by atoms with van der Waals surface area (Å²) in [6, 6.07) is 0. The molecule has 0 aliphatic heterocycles. The molecule has 0 rings (SSSR count). The van der Waals surface area contributed by atoms with Crippen LogP contribution in [0.3, 0.4) is 0 Å². The van der Waals surface area contributed by atoms with Gasteiger partial charge in [0.25, 0.3) is 0 Å². The molecule has 2 heteroatoms. The molecule has 0 saturated heterocycles. The first-order chi connectivity index (χ1) is 7.98. The lowest BCUT2D eigenvalue weighted by atomic mass is 9.95. The number of unbranched alkanes of at least 4 members (excludes halogenated alkanes) is 6. The molecule has 0 aromatic carbocycles. The predicted octanol–water partition coefficient (Wildman–Crippen LogP) is 4.04. The SMILES string of the molecule is CCC(C)(O)CCCCCCCCCC(C)O. The lowest BCUT2D eigenvalue weighted by molar-refractivity contribution is 0.0442. The monoisotopic (exact) mass is 244 g/mol. The van der Waals surface area contributed by atoms with Gasteiger partial charge in [-0.15, -0.1) is 0 Å². The molecule has 0 aromatic rings. The van der Waals surface area contributed by atoms with E-state index in [1.165, 1.54) is 32.1 Å². The van der Waals surface area contributed by atoms with Crippen LogP contribution in [0.5, 0.6) is 0 Å². The van der Waals surface area contributed by atoms with Crippen LogP contribution in [0.2, 0.25) is 0 Å². The molecule has 0 aliphatic rings. The van der Waals surface area contributed by atoms with Gasteiger partial charge in [0.05, 0.1) is 11.7 Å². The van der Waals surface area contributed by atoms with Gasteiger partial charge in [-0.1, -0.05) is 51.9 Å². The zero-order valence-corrected chi connectivity index (χ0v) is 12.0. The van der Waals surface area contributed by atoms with Crippen molar-refractivity contribution in [3.8, 4) is 0 Å². The standard InChI is InChI=1S/C15H32O2/c1-4-15(3,17)13-11-9-7-5-6-8-10-12-14(2)16/h14,16-17H,4-13H2,1-3H3. The topological polar surface area (TPSA) is 40.5 Å². The van der Waals surface area contributed by atoms with Crippen LogP contribution in [-0.4, -0.2) is 21.9 Å². The van der Waals surface area contributed by atoms with Crippen LogP contribution in [0.15, 0.2) is 0 Å². The molecule has 2 unspecified atom stereocenters. The van der Waals surface area contributed by atoms with Crippen LogP contribution >= 0.6 is 0 Å². The summed E-state index contributed by atoms with van der Waals surface area (Å²) in [4.78, 5) is 0. The van der Waals surface area contributed by atoms with Gasteiger partial charge in [0.15, 0.2) is 0 Å². The van der Waals surface area contributed by atoms with Gasteiger partial charge in [-0.2, -0.15) is 0 Å². The minimum atomic E-state index is -0.447. The molecule has 2 N–H and O–H groups in total. The zero-order chi connectivity index (χ0) is 13.1. The van der Waals surface area contributed by atoms with Crippen molar-refractivity contribution in [2.24, 2.45) is 0 Å². The van der Waals surface area contributed by atoms with Gasteiger partial charge in [0, 0.05) is 0 Å². The summed E-state index contributed by atoms with van der Waals surface area (Å²) >= 11 is 0. The Morgan fingerprint density at radius 1 is 0.941 bits per heavy atom. The molecular weight excluding hydrogens is 212 g/mol. The fourth-order valence-corrected chi connectivity index (χ4v) is 2.01. The highest BCUT2D eigenvalue weighted by molar-refractivity contribution is 4.69. The number of hydrogen-bond donors (Lipinski definition) is 2. The van der Waals surface area contributed by atoms with Crippen molar-refractivity contribution >= 4 is 0 Å². The molecular formula is C15H32O2. The summed E-state index contributed by atoms with van der Waals surface area (Å²) in [5, 5.41) is 18.9. The van der Waals surface area contributed by atoms with E-state index in [2.05, 4.69) is 0 Å². The quantitative estimate of drug-likeness (QED) is 0.539. The van der Waals surface area contributed by atoms with Gasteiger partial charge in [-0.3, -0.25) is 0 Å². The molecule has 0 fully saturated rings. The molecule has 17 heavy (non-hydrogen) atoms. The third kappa shape index (κ3) is 12.2. The Kier molecular flexibility index (Phi) is 9.85. The number of hydrogen-bond acceptors (Lipinski definition) is 2. The summed E-state index contributed by atoms with van der Waals surface area (Å²) < 4.78 is 0. The first-order valence-electron chi connectivity index (χ1n) is 7.38. The Bertz CT molecular complexity index is 164. The van der Waals surface area contributed by atoms with E-state index in [4.69, 9.17) is 5.11 Å². The summed E-state index contributed by atoms with van der Waals surface area (Å²) in [5.41, 5.74) is -0.447. The second kappa shape index (κ2) is 9.90. The van der Waals surface area contributed by atoms with Gasteiger partial charge in [-0.25, -0.2) is 0 Å². The van der Waals surface area contributed by atoms with Gasteiger partial charge < -0.3 is 10.2 Å². The van der Waals surface area contributed by atoms with Crippen LogP contribution in [0.4, 0.5) is 0 Å². The third-order valence-electron chi connectivity index (χ3n) is 3.60. The van der Waals surface area contributed by atoms with Crippen LogP contribution in [0, 0.1) is 0 Å². The maximum Gasteiger partial charge on any atom is 0.0617 e. The fraction of sp³-hybridized carbons (Fsp3) is 1.00. The van der Waals surface area contributed by atoms with E-state index in [1.54, 1.807) is 0 Å². The van der Waals surface area contributed by atoms with Crippen molar-refractivity contribution < 1.29 is 10.2 Å². The molecule has 0 radical (unpaired) electrons. The highest BCUT2D eigenvalue weighted by Crippen LogP contribution is 2.18. The fourth-order valence-electron chi connectivity index (χ4n) is 2.01. The number of aliphatic hydroxyl groups excluding tert-OH is 1. The largest absolute Gasteiger partial charge is 0.393 e.